The Bertz CT molecular complexity index is 1050. The lowest BCUT2D eigenvalue weighted by molar-refractivity contribution is 0.557. The van der Waals surface area contributed by atoms with Crippen molar-refractivity contribution < 1.29 is 0 Å². The fraction of sp³-hybridized carbons (Fsp3) is 0.182. The van der Waals surface area contributed by atoms with Gasteiger partial charge in [0, 0.05) is 16.5 Å². The summed E-state index contributed by atoms with van der Waals surface area (Å²) in [5.41, 5.74) is 4.68. The number of nitrogens with zero attached hydrogens (tertiary/aromatic N) is 5. The Morgan fingerprint density at radius 3 is 2.07 bits per heavy atom. The van der Waals surface area contributed by atoms with Crippen molar-refractivity contribution in [1.29, 1.82) is 0 Å². The number of benzene rings is 2. The molecule has 0 fully saturated rings. The van der Waals surface area contributed by atoms with Crippen molar-refractivity contribution in [2.45, 2.75) is 26.2 Å². The third-order valence-electron chi connectivity index (χ3n) is 4.35. The summed E-state index contributed by atoms with van der Waals surface area (Å²) in [4.78, 5) is 4.72. The van der Waals surface area contributed by atoms with Crippen LogP contribution in [0, 0.1) is 0 Å². The average Bonchev–Trinajstić information content (AvgIpc) is 3.16. The number of aromatic nitrogens is 5. The first-order valence-electron chi connectivity index (χ1n) is 8.94. The van der Waals surface area contributed by atoms with E-state index < -0.39 is 0 Å². The summed E-state index contributed by atoms with van der Waals surface area (Å²) < 4.78 is 1.79. The molecule has 2 heterocycles. The number of rotatable bonds is 3. The highest BCUT2D eigenvalue weighted by atomic mass is 15.4. The van der Waals surface area contributed by atoms with Crippen molar-refractivity contribution in [2.24, 2.45) is 0 Å². The van der Waals surface area contributed by atoms with Gasteiger partial charge in [0.2, 0.25) is 0 Å². The van der Waals surface area contributed by atoms with Crippen LogP contribution in [0.3, 0.4) is 0 Å². The molecule has 0 aliphatic carbocycles. The van der Waals surface area contributed by atoms with Crippen LogP contribution in [0.2, 0.25) is 0 Å². The molecule has 0 saturated carbocycles. The summed E-state index contributed by atoms with van der Waals surface area (Å²) >= 11 is 0. The summed E-state index contributed by atoms with van der Waals surface area (Å²) in [6, 6.07) is 22.2. The summed E-state index contributed by atoms with van der Waals surface area (Å²) in [7, 11) is 0. The Morgan fingerprint density at radius 1 is 0.815 bits per heavy atom. The molecule has 0 amide bonds. The van der Waals surface area contributed by atoms with Crippen LogP contribution in [0.1, 0.15) is 26.5 Å². The smallest absolute Gasteiger partial charge is 0.208 e. The van der Waals surface area contributed by atoms with E-state index in [1.54, 1.807) is 10.9 Å². The molecule has 2 aromatic carbocycles. The van der Waals surface area contributed by atoms with Gasteiger partial charge < -0.3 is 0 Å². The Balaban J connectivity index is 1.88. The van der Waals surface area contributed by atoms with Crippen molar-refractivity contribution >= 4 is 0 Å². The van der Waals surface area contributed by atoms with Gasteiger partial charge in [0.15, 0.2) is 0 Å². The van der Waals surface area contributed by atoms with Crippen molar-refractivity contribution in [3.63, 3.8) is 0 Å². The highest BCUT2D eigenvalue weighted by Gasteiger charge is 2.22. The zero-order valence-corrected chi connectivity index (χ0v) is 15.7. The van der Waals surface area contributed by atoms with Gasteiger partial charge in [-0.05, 0) is 6.07 Å². The molecule has 27 heavy (non-hydrogen) atoms. The maximum atomic E-state index is 4.81. The van der Waals surface area contributed by atoms with Crippen LogP contribution in [0.15, 0.2) is 72.9 Å². The van der Waals surface area contributed by atoms with E-state index in [0.29, 0.717) is 5.95 Å². The van der Waals surface area contributed by atoms with Crippen molar-refractivity contribution in [2.75, 3.05) is 0 Å². The van der Waals surface area contributed by atoms with Gasteiger partial charge in [0.25, 0.3) is 5.95 Å². The predicted molar refractivity (Wildman–Crippen MR) is 107 cm³/mol. The highest BCUT2D eigenvalue weighted by Crippen LogP contribution is 2.29. The van der Waals surface area contributed by atoms with E-state index >= 15 is 0 Å². The van der Waals surface area contributed by atoms with Gasteiger partial charge in [-0.15, -0.1) is 5.10 Å². The van der Waals surface area contributed by atoms with Crippen LogP contribution < -0.4 is 0 Å². The normalized spacial score (nSPS) is 11.5. The van der Waals surface area contributed by atoms with Gasteiger partial charge in [0.05, 0.1) is 23.3 Å². The summed E-state index contributed by atoms with van der Waals surface area (Å²) in [5, 5.41) is 13.2. The zero-order chi connectivity index (χ0) is 18.9. The molecule has 0 aliphatic rings. The van der Waals surface area contributed by atoms with Gasteiger partial charge in [-0.3, -0.25) is 0 Å². The first kappa shape index (κ1) is 17.1. The standard InChI is InChI=1S/C22H21N5/c1-22(2,3)20-14-19(17-12-8-5-9-13-17)27(26-20)21-24-18(15-23-25-21)16-10-6-4-7-11-16/h4-15H,1-3H3. The van der Waals surface area contributed by atoms with Crippen molar-refractivity contribution in [1.82, 2.24) is 25.0 Å². The second kappa shape index (κ2) is 6.76. The maximum Gasteiger partial charge on any atom is 0.271 e. The van der Waals surface area contributed by atoms with E-state index in [9.17, 15) is 0 Å². The van der Waals surface area contributed by atoms with Crippen LogP contribution in [-0.4, -0.2) is 25.0 Å². The Morgan fingerprint density at radius 2 is 1.44 bits per heavy atom. The van der Waals surface area contributed by atoms with E-state index in [2.05, 4.69) is 49.2 Å². The van der Waals surface area contributed by atoms with Crippen molar-refractivity contribution in [3.05, 3.63) is 78.6 Å². The molecule has 0 atom stereocenters. The topological polar surface area (TPSA) is 56.5 Å². The molecule has 134 valence electrons. The third-order valence-corrected chi connectivity index (χ3v) is 4.35. The quantitative estimate of drug-likeness (QED) is 0.535. The zero-order valence-electron chi connectivity index (χ0n) is 15.7. The van der Waals surface area contributed by atoms with Gasteiger partial charge in [0.1, 0.15) is 0 Å². The molecular weight excluding hydrogens is 334 g/mol. The summed E-state index contributed by atoms with van der Waals surface area (Å²) in [6.07, 6.45) is 1.68. The minimum absolute atomic E-state index is 0.0841. The van der Waals surface area contributed by atoms with Gasteiger partial charge in [-0.1, -0.05) is 81.4 Å². The van der Waals surface area contributed by atoms with Crippen LogP contribution in [0.25, 0.3) is 28.5 Å². The third kappa shape index (κ3) is 3.49. The second-order valence-electron chi connectivity index (χ2n) is 7.45. The fourth-order valence-corrected chi connectivity index (χ4v) is 2.85. The van der Waals surface area contributed by atoms with Crippen molar-refractivity contribution in [3.8, 4) is 28.5 Å². The second-order valence-corrected chi connectivity index (χ2v) is 7.45. The molecule has 0 radical (unpaired) electrons. The van der Waals surface area contributed by atoms with E-state index in [1.165, 1.54) is 0 Å². The SMILES string of the molecule is CC(C)(C)c1cc(-c2ccccc2)n(-c2nncc(-c3ccccc3)n2)n1. The number of hydrogen-bond acceptors (Lipinski definition) is 4. The molecule has 0 aliphatic heterocycles. The molecule has 2 aromatic heterocycles. The monoisotopic (exact) mass is 355 g/mol. The maximum absolute atomic E-state index is 4.81. The Labute approximate surface area is 158 Å². The average molecular weight is 355 g/mol. The first-order chi connectivity index (χ1) is 13.0. The lowest BCUT2D eigenvalue weighted by Gasteiger charge is -2.14. The Kier molecular flexibility index (Phi) is 4.28. The van der Waals surface area contributed by atoms with Gasteiger partial charge >= 0.3 is 0 Å². The molecule has 0 spiro atoms. The molecule has 5 heteroatoms. The molecule has 4 rings (SSSR count). The molecule has 0 bridgehead atoms. The van der Waals surface area contributed by atoms with Gasteiger partial charge in [-0.25, -0.2) is 4.98 Å². The predicted octanol–water partition coefficient (Wildman–Crippen LogP) is 4.69. The first-order valence-corrected chi connectivity index (χ1v) is 8.94. The minimum atomic E-state index is -0.0841. The van der Waals surface area contributed by atoms with E-state index in [4.69, 9.17) is 10.1 Å². The van der Waals surface area contributed by atoms with Gasteiger partial charge in [-0.2, -0.15) is 14.9 Å². The molecular formula is C22H21N5. The van der Waals surface area contributed by atoms with E-state index in [1.807, 2.05) is 48.5 Å². The van der Waals surface area contributed by atoms with Crippen LogP contribution in [-0.2, 0) is 5.41 Å². The van der Waals surface area contributed by atoms with E-state index in [-0.39, 0.29) is 5.41 Å². The lowest BCUT2D eigenvalue weighted by Crippen LogP contribution is -2.13. The Hall–Kier alpha value is -3.34. The van der Waals surface area contributed by atoms with Crippen LogP contribution in [0.5, 0.6) is 0 Å². The molecule has 0 unspecified atom stereocenters. The number of hydrogen-bond donors (Lipinski definition) is 0. The molecule has 0 N–H and O–H groups in total. The minimum Gasteiger partial charge on any atom is -0.208 e. The lowest BCUT2D eigenvalue weighted by atomic mass is 9.92. The fourth-order valence-electron chi connectivity index (χ4n) is 2.85. The largest absolute Gasteiger partial charge is 0.271 e. The molecule has 4 aromatic rings. The highest BCUT2D eigenvalue weighted by molar-refractivity contribution is 5.63. The summed E-state index contributed by atoms with van der Waals surface area (Å²) in [6.45, 7) is 6.44. The molecule has 0 saturated heterocycles. The molecule has 5 nitrogen and oxygen atoms in total. The summed E-state index contributed by atoms with van der Waals surface area (Å²) in [5.74, 6) is 0.464. The van der Waals surface area contributed by atoms with Crippen LogP contribution >= 0.6 is 0 Å². The van der Waals surface area contributed by atoms with E-state index in [0.717, 1.165) is 28.2 Å². The van der Waals surface area contributed by atoms with Crippen LogP contribution in [0.4, 0.5) is 0 Å².